The Morgan fingerprint density at radius 1 is 1.06 bits per heavy atom. The molecule has 10 heteroatoms. The summed E-state index contributed by atoms with van der Waals surface area (Å²) in [6.45, 7) is 8.46. The van der Waals surface area contributed by atoms with E-state index in [0.717, 1.165) is 0 Å². The summed E-state index contributed by atoms with van der Waals surface area (Å²) in [6.07, 6.45) is 0.433. The van der Waals surface area contributed by atoms with Gasteiger partial charge in [-0.15, -0.1) is 0 Å². The van der Waals surface area contributed by atoms with Gasteiger partial charge in [-0.25, -0.2) is 4.39 Å². The number of benzene rings is 1. The molecule has 2 N–H and O–H groups in total. The summed E-state index contributed by atoms with van der Waals surface area (Å²) in [5.41, 5.74) is -0.0839. The van der Waals surface area contributed by atoms with Crippen LogP contribution < -0.4 is 10.6 Å². The Balaban J connectivity index is 3.13. The summed E-state index contributed by atoms with van der Waals surface area (Å²) in [5.74, 6) is -2.75. The highest BCUT2D eigenvalue weighted by Gasteiger charge is 2.37. The third-order valence-corrected chi connectivity index (χ3v) is 5.32. The van der Waals surface area contributed by atoms with E-state index in [4.69, 9.17) is 0 Å². The maximum absolute atomic E-state index is 13.3. The monoisotopic (exact) mass is 480 g/mol. The molecule has 0 aliphatic heterocycles. The Morgan fingerprint density at radius 3 is 2.06 bits per heavy atom. The zero-order chi connectivity index (χ0) is 26.2. The summed E-state index contributed by atoms with van der Waals surface area (Å²) in [7, 11) is 3.12. The lowest BCUT2D eigenvalue weighted by Gasteiger charge is -2.33. The maximum atomic E-state index is 13.3. The van der Waals surface area contributed by atoms with Crippen molar-refractivity contribution in [2.24, 2.45) is 17.3 Å². The predicted octanol–water partition coefficient (Wildman–Crippen LogP) is 2.41. The number of carbonyl (C=O) groups excluding carboxylic acids is 3. The fourth-order valence-electron chi connectivity index (χ4n) is 3.57. The number of nitrogens with zero attached hydrogens (tertiary/aromatic N) is 2. The molecule has 0 spiro atoms. The number of rotatable bonds is 11. The molecule has 0 aliphatic rings. The van der Waals surface area contributed by atoms with Crippen LogP contribution in [0.3, 0.4) is 0 Å². The van der Waals surface area contributed by atoms with E-state index >= 15 is 0 Å². The zero-order valence-corrected chi connectivity index (χ0v) is 21.1. The van der Waals surface area contributed by atoms with Crippen molar-refractivity contribution in [2.45, 2.75) is 59.5 Å². The number of hydrogen-bond acceptors (Lipinski definition) is 5. The van der Waals surface area contributed by atoms with E-state index in [-0.39, 0.29) is 18.2 Å². The quantitative estimate of drug-likeness (QED) is 0.372. The average Bonchev–Trinajstić information content (AvgIpc) is 2.70. The van der Waals surface area contributed by atoms with Crippen molar-refractivity contribution in [3.63, 3.8) is 0 Å². The highest BCUT2D eigenvalue weighted by molar-refractivity contribution is 5.93. The maximum Gasteiger partial charge on any atom is 0.244 e. The van der Waals surface area contributed by atoms with Crippen molar-refractivity contribution >= 4 is 17.7 Å². The molecule has 9 nitrogen and oxygen atoms in total. The van der Waals surface area contributed by atoms with E-state index in [9.17, 15) is 28.9 Å². The summed E-state index contributed by atoms with van der Waals surface area (Å²) >= 11 is 0. The number of hydrogen-bond donors (Lipinski definition) is 2. The molecule has 34 heavy (non-hydrogen) atoms. The van der Waals surface area contributed by atoms with Crippen LogP contribution in [0.15, 0.2) is 24.3 Å². The highest BCUT2D eigenvalue weighted by atomic mass is 19.1. The van der Waals surface area contributed by atoms with Crippen LogP contribution in [0.2, 0.25) is 0 Å². The van der Waals surface area contributed by atoms with Crippen LogP contribution in [0.5, 0.6) is 0 Å². The lowest BCUT2D eigenvalue weighted by Crippen LogP contribution is -2.59. The molecule has 1 aromatic rings. The van der Waals surface area contributed by atoms with Gasteiger partial charge in [-0.2, -0.15) is 0 Å². The molecule has 0 radical (unpaired) electrons. The van der Waals surface area contributed by atoms with Gasteiger partial charge in [0.25, 0.3) is 0 Å². The molecule has 0 saturated heterocycles. The Labute approximate surface area is 200 Å². The van der Waals surface area contributed by atoms with Gasteiger partial charge in [0.1, 0.15) is 23.8 Å². The van der Waals surface area contributed by atoms with Crippen LogP contribution >= 0.6 is 0 Å². The second kappa shape index (κ2) is 12.4. The van der Waals surface area contributed by atoms with Gasteiger partial charge in [0.15, 0.2) is 0 Å². The minimum Gasteiger partial charge on any atom is -0.347 e. The number of nitrogens with one attached hydrogen (secondary N) is 2. The van der Waals surface area contributed by atoms with Gasteiger partial charge < -0.3 is 15.5 Å². The second-order valence-electron chi connectivity index (χ2n) is 10.3. The molecular weight excluding hydrogens is 443 g/mol. The molecule has 1 rings (SSSR count). The summed E-state index contributed by atoms with van der Waals surface area (Å²) in [6, 6.07) is 3.64. The van der Waals surface area contributed by atoms with Gasteiger partial charge >= 0.3 is 0 Å². The number of carbonyl (C=O) groups is 3. The van der Waals surface area contributed by atoms with Gasteiger partial charge in [0.2, 0.25) is 24.3 Å². The number of amides is 3. The summed E-state index contributed by atoms with van der Waals surface area (Å²) < 4.78 is 13.3. The number of nitro groups is 1. The van der Waals surface area contributed by atoms with Crippen LogP contribution in [-0.2, 0) is 20.8 Å². The SMILES string of the molecule is CC(C)C[C@H](C[N+](=O)[O-])C(=O)N[C@H](C(=O)N[C@@H](Cc1ccc(F)cc1)C(=O)N(C)C)C(C)(C)C. The van der Waals surface area contributed by atoms with E-state index in [2.05, 4.69) is 10.6 Å². The molecule has 0 unspecified atom stereocenters. The van der Waals surface area contributed by atoms with E-state index in [0.29, 0.717) is 12.0 Å². The zero-order valence-electron chi connectivity index (χ0n) is 21.1. The molecule has 0 heterocycles. The standard InChI is InChI=1S/C24H37FN4O5/c1-15(2)12-17(14-29(33)34)21(30)27-20(24(3,4)5)22(31)26-19(23(32)28(6)7)13-16-8-10-18(25)11-9-16/h8-11,15,17,19-20H,12-14H2,1-7H3,(H,26,31)(H,27,30)/t17-,19+,20-/m1/s1. The molecule has 0 fully saturated rings. The second-order valence-corrected chi connectivity index (χ2v) is 10.3. The normalized spacial score (nSPS) is 14.1. The molecule has 0 saturated carbocycles. The van der Waals surface area contributed by atoms with Gasteiger partial charge in [-0.1, -0.05) is 46.8 Å². The molecule has 3 amide bonds. The first-order valence-electron chi connectivity index (χ1n) is 11.3. The molecular formula is C24H37FN4O5. The first-order valence-corrected chi connectivity index (χ1v) is 11.3. The summed E-state index contributed by atoms with van der Waals surface area (Å²) in [5, 5.41) is 16.5. The largest absolute Gasteiger partial charge is 0.347 e. The molecule has 1 aromatic carbocycles. The van der Waals surface area contributed by atoms with E-state index in [1.165, 1.54) is 29.2 Å². The van der Waals surface area contributed by atoms with Crippen LogP contribution in [-0.4, -0.2) is 60.3 Å². The van der Waals surface area contributed by atoms with E-state index in [1.807, 2.05) is 13.8 Å². The first-order chi connectivity index (χ1) is 15.6. The van der Waals surface area contributed by atoms with Gasteiger partial charge in [-0.3, -0.25) is 24.5 Å². The van der Waals surface area contributed by atoms with Crippen molar-refractivity contribution in [1.29, 1.82) is 0 Å². The lowest BCUT2D eigenvalue weighted by molar-refractivity contribution is -0.486. The first kappa shape index (κ1) is 29.0. The minimum atomic E-state index is -1.04. The van der Waals surface area contributed by atoms with Crippen molar-refractivity contribution in [2.75, 3.05) is 20.6 Å². The van der Waals surface area contributed by atoms with Crippen LogP contribution in [0.1, 0.15) is 46.6 Å². The van der Waals surface area contributed by atoms with Crippen LogP contribution in [0.4, 0.5) is 4.39 Å². The van der Waals surface area contributed by atoms with Crippen LogP contribution in [0.25, 0.3) is 0 Å². The topological polar surface area (TPSA) is 122 Å². The van der Waals surface area contributed by atoms with Gasteiger partial charge in [-0.05, 0) is 35.4 Å². The van der Waals surface area contributed by atoms with Crippen LogP contribution in [0, 0.1) is 33.2 Å². The smallest absolute Gasteiger partial charge is 0.244 e. The Bertz CT molecular complexity index is 865. The molecule has 3 atom stereocenters. The highest BCUT2D eigenvalue weighted by Crippen LogP contribution is 2.22. The molecule has 0 aliphatic carbocycles. The van der Waals surface area contributed by atoms with Crippen molar-refractivity contribution in [1.82, 2.24) is 15.5 Å². The Morgan fingerprint density at radius 2 is 1.62 bits per heavy atom. The summed E-state index contributed by atoms with van der Waals surface area (Å²) in [4.78, 5) is 50.9. The van der Waals surface area contributed by atoms with Gasteiger partial charge in [0, 0.05) is 25.4 Å². The number of likely N-dealkylation sites (N-methyl/N-ethyl adjacent to an activating group) is 1. The molecule has 0 aromatic heterocycles. The predicted molar refractivity (Wildman–Crippen MR) is 127 cm³/mol. The fourth-order valence-corrected chi connectivity index (χ4v) is 3.57. The minimum absolute atomic E-state index is 0.0513. The third-order valence-electron chi connectivity index (χ3n) is 5.32. The van der Waals surface area contributed by atoms with Gasteiger partial charge in [0.05, 0.1) is 0 Å². The van der Waals surface area contributed by atoms with Crippen molar-refractivity contribution < 1.29 is 23.7 Å². The Kier molecular flexibility index (Phi) is 10.6. The van der Waals surface area contributed by atoms with E-state index in [1.54, 1.807) is 34.9 Å². The fraction of sp³-hybridized carbons (Fsp3) is 0.625. The van der Waals surface area contributed by atoms with Crippen molar-refractivity contribution in [3.8, 4) is 0 Å². The Hall–Kier alpha value is -3.04. The third kappa shape index (κ3) is 9.44. The van der Waals surface area contributed by atoms with Crippen molar-refractivity contribution in [3.05, 3.63) is 45.8 Å². The molecule has 190 valence electrons. The number of halogens is 1. The molecule has 0 bridgehead atoms. The lowest BCUT2D eigenvalue weighted by atomic mass is 9.85. The van der Waals surface area contributed by atoms with E-state index < -0.39 is 52.5 Å². The average molecular weight is 481 g/mol.